The van der Waals surface area contributed by atoms with Gasteiger partial charge in [-0.3, -0.25) is 0 Å². The normalized spacial score (nSPS) is 22.8. The molecule has 2 amide bonds. The van der Waals surface area contributed by atoms with E-state index in [4.69, 9.17) is 0 Å². The maximum absolute atomic E-state index is 14.1. The van der Waals surface area contributed by atoms with E-state index in [0.717, 1.165) is 18.9 Å². The minimum atomic E-state index is -0.670. The van der Waals surface area contributed by atoms with Crippen LogP contribution in [0.25, 0.3) is 0 Å². The van der Waals surface area contributed by atoms with Crippen molar-refractivity contribution in [3.8, 4) is 0 Å². The number of hydrogen-bond donors (Lipinski definition) is 3. The Kier molecular flexibility index (Phi) is 5.80. The lowest BCUT2D eigenvalue weighted by Crippen LogP contribution is -2.47. The molecule has 1 aliphatic carbocycles. The number of aliphatic hydroxyl groups is 1. The smallest absolute Gasteiger partial charge is 0.315 e. The molecule has 1 saturated carbocycles. The molecule has 1 aromatic carbocycles. The standard InChI is InChI=1S/C18H26F2N2O2/c1-18(2,3)16(14-9-4-11(19)10-15(14)20)22-17(24)21-12-5-7-13(23)8-6-12/h4,9-10,12-13,16,23H,5-8H2,1-3H3,(H2,21,22,24). The fourth-order valence-electron chi connectivity index (χ4n) is 3.07. The number of aliphatic hydroxyl groups excluding tert-OH is 1. The summed E-state index contributed by atoms with van der Waals surface area (Å²) in [6, 6.07) is 2.44. The van der Waals surface area contributed by atoms with E-state index in [1.807, 2.05) is 20.8 Å². The second-order valence-corrected chi connectivity index (χ2v) is 7.59. The lowest BCUT2D eigenvalue weighted by atomic mass is 9.82. The first-order chi connectivity index (χ1) is 11.2. The highest BCUT2D eigenvalue weighted by Crippen LogP contribution is 2.34. The minimum Gasteiger partial charge on any atom is -0.393 e. The van der Waals surface area contributed by atoms with Gasteiger partial charge in [0, 0.05) is 17.7 Å². The van der Waals surface area contributed by atoms with E-state index in [1.54, 1.807) is 0 Å². The van der Waals surface area contributed by atoms with Gasteiger partial charge in [-0.1, -0.05) is 26.8 Å². The van der Waals surface area contributed by atoms with Crippen molar-refractivity contribution in [2.45, 2.75) is 64.6 Å². The fourth-order valence-corrected chi connectivity index (χ4v) is 3.07. The number of benzene rings is 1. The zero-order chi connectivity index (χ0) is 17.9. The Labute approximate surface area is 141 Å². The maximum atomic E-state index is 14.1. The molecule has 0 spiro atoms. The van der Waals surface area contributed by atoms with Gasteiger partial charge in [-0.2, -0.15) is 0 Å². The molecule has 0 aliphatic heterocycles. The van der Waals surface area contributed by atoms with E-state index in [2.05, 4.69) is 10.6 Å². The van der Waals surface area contributed by atoms with Crippen molar-refractivity contribution in [1.29, 1.82) is 0 Å². The number of rotatable bonds is 3. The van der Waals surface area contributed by atoms with Crippen LogP contribution < -0.4 is 10.6 Å². The monoisotopic (exact) mass is 340 g/mol. The van der Waals surface area contributed by atoms with Gasteiger partial charge in [0.1, 0.15) is 11.6 Å². The van der Waals surface area contributed by atoms with Crippen LogP contribution in [-0.4, -0.2) is 23.3 Å². The molecule has 0 radical (unpaired) electrons. The first-order valence-corrected chi connectivity index (χ1v) is 8.37. The Balaban J connectivity index is 2.07. The SMILES string of the molecule is CC(C)(C)C(NC(=O)NC1CCC(O)CC1)c1ccc(F)cc1F. The summed E-state index contributed by atoms with van der Waals surface area (Å²) in [5.41, 5.74) is -0.184. The Morgan fingerprint density at radius 2 is 1.83 bits per heavy atom. The molecule has 3 N–H and O–H groups in total. The van der Waals surface area contributed by atoms with Crippen LogP contribution >= 0.6 is 0 Å². The summed E-state index contributed by atoms with van der Waals surface area (Å²) < 4.78 is 27.3. The van der Waals surface area contributed by atoms with Gasteiger partial charge in [0.05, 0.1) is 12.1 Å². The van der Waals surface area contributed by atoms with Crippen LogP contribution in [0.5, 0.6) is 0 Å². The van der Waals surface area contributed by atoms with Crippen LogP contribution in [-0.2, 0) is 0 Å². The fraction of sp³-hybridized carbons (Fsp3) is 0.611. The number of nitrogens with one attached hydrogen (secondary N) is 2. The first kappa shape index (κ1) is 18.6. The van der Waals surface area contributed by atoms with Crippen molar-refractivity contribution < 1.29 is 18.7 Å². The highest BCUT2D eigenvalue weighted by atomic mass is 19.1. The summed E-state index contributed by atoms with van der Waals surface area (Å²) in [6.07, 6.45) is 2.49. The second-order valence-electron chi connectivity index (χ2n) is 7.59. The van der Waals surface area contributed by atoms with Crippen LogP contribution in [0.1, 0.15) is 58.1 Å². The molecule has 6 heteroatoms. The largest absolute Gasteiger partial charge is 0.393 e. The summed E-state index contributed by atoms with van der Waals surface area (Å²) in [5.74, 6) is -1.31. The van der Waals surface area contributed by atoms with Crippen molar-refractivity contribution in [3.05, 3.63) is 35.4 Å². The predicted molar refractivity (Wildman–Crippen MR) is 88.5 cm³/mol. The van der Waals surface area contributed by atoms with Crippen molar-refractivity contribution in [3.63, 3.8) is 0 Å². The molecule has 1 aromatic rings. The molecule has 1 aliphatic rings. The summed E-state index contributed by atoms with van der Waals surface area (Å²) in [5, 5.41) is 15.2. The van der Waals surface area contributed by atoms with Crippen LogP contribution in [0.2, 0.25) is 0 Å². The molecule has 2 rings (SSSR count). The highest BCUT2D eigenvalue weighted by Gasteiger charge is 2.31. The van der Waals surface area contributed by atoms with Gasteiger partial charge >= 0.3 is 6.03 Å². The first-order valence-electron chi connectivity index (χ1n) is 8.37. The van der Waals surface area contributed by atoms with Crippen molar-refractivity contribution >= 4 is 6.03 Å². The molecule has 1 fully saturated rings. The molecule has 0 bridgehead atoms. The molecular weight excluding hydrogens is 314 g/mol. The van der Waals surface area contributed by atoms with E-state index in [1.165, 1.54) is 12.1 Å². The predicted octanol–water partition coefficient (Wildman–Crippen LogP) is 3.65. The van der Waals surface area contributed by atoms with Crippen molar-refractivity contribution in [2.24, 2.45) is 5.41 Å². The van der Waals surface area contributed by atoms with Gasteiger partial charge in [-0.25, -0.2) is 13.6 Å². The van der Waals surface area contributed by atoms with E-state index in [0.29, 0.717) is 12.8 Å². The molecule has 1 atom stereocenters. The van der Waals surface area contributed by atoms with Crippen LogP contribution in [0.4, 0.5) is 13.6 Å². The Morgan fingerprint density at radius 3 is 2.38 bits per heavy atom. The molecule has 0 saturated heterocycles. The molecule has 1 unspecified atom stereocenters. The van der Waals surface area contributed by atoms with Crippen LogP contribution in [0, 0.1) is 17.0 Å². The van der Waals surface area contributed by atoms with Gasteiger partial charge < -0.3 is 15.7 Å². The minimum absolute atomic E-state index is 0.00656. The summed E-state index contributed by atoms with van der Waals surface area (Å²) in [6.45, 7) is 5.66. The van der Waals surface area contributed by atoms with Crippen molar-refractivity contribution in [2.75, 3.05) is 0 Å². The Morgan fingerprint density at radius 1 is 1.21 bits per heavy atom. The molecule has 0 aromatic heterocycles. The van der Waals surface area contributed by atoms with Gasteiger partial charge in [-0.15, -0.1) is 0 Å². The quantitative estimate of drug-likeness (QED) is 0.786. The maximum Gasteiger partial charge on any atom is 0.315 e. The number of urea groups is 1. The van der Waals surface area contributed by atoms with Crippen LogP contribution in [0.15, 0.2) is 18.2 Å². The third kappa shape index (κ3) is 4.90. The lowest BCUT2D eigenvalue weighted by Gasteiger charge is -2.33. The summed E-state index contributed by atoms with van der Waals surface area (Å²) in [7, 11) is 0. The average Bonchev–Trinajstić information content (AvgIpc) is 2.47. The third-order valence-electron chi connectivity index (χ3n) is 4.45. The van der Waals surface area contributed by atoms with E-state index >= 15 is 0 Å². The van der Waals surface area contributed by atoms with Crippen LogP contribution in [0.3, 0.4) is 0 Å². The summed E-state index contributed by atoms with van der Waals surface area (Å²) >= 11 is 0. The van der Waals surface area contributed by atoms with E-state index in [9.17, 15) is 18.7 Å². The van der Waals surface area contributed by atoms with Gasteiger partial charge in [0.25, 0.3) is 0 Å². The molecule has 134 valence electrons. The Bertz CT molecular complexity index is 579. The van der Waals surface area contributed by atoms with E-state index < -0.39 is 23.1 Å². The third-order valence-corrected chi connectivity index (χ3v) is 4.45. The van der Waals surface area contributed by atoms with Gasteiger partial charge in [0.2, 0.25) is 0 Å². The van der Waals surface area contributed by atoms with Gasteiger partial charge in [0.15, 0.2) is 0 Å². The topological polar surface area (TPSA) is 61.4 Å². The number of carbonyl (C=O) groups is 1. The molecule has 4 nitrogen and oxygen atoms in total. The Hall–Kier alpha value is -1.69. The molecule has 0 heterocycles. The number of halogens is 2. The number of hydrogen-bond acceptors (Lipinski definition) is 2. The van der Waals surface area contributed by atoms with Crippen molar-refractivity contribution in [1.82, 2.24) is 10.6 Å². The number of amides is 2. The molecular formula is C18H26F2N2O2. The summed E-state index contributed by atoms with van der Waals surface area (Å²) in [4.78, 5) is 12.3. The highest BCUT2D eigenvalue weighted by molar-refractivity contribution is 5.75. The molecule has 24 heavy (non-hydrogen) atoms. The van der Waals surface area contributed by atoms with Gasteiger partial charge in [-0.05, 0) is 37.2 Å². The number of carbonyl (C=O) groups excluding carboxylic acids is 1. The lowest BCUT2D eigenvalue weighted by molar-refractivity contribution is 0.117. The average molecular weight is 340 g/mol. The zero-order valence-electron chi connectivity index (χ0n) is 14.4. The zero-order valence-corrected chi connectivity index (χ0v) is 14.4. The second kappa shape index (κ2) is 7.47. The van der Waals surface area contributed by atoms with E-state index in [-0.39, 0.29) is 23.7 Å².